The monoisotopic (exact) mass is 141 g/mol. The molecule has 0 fully saturated rings. The number of rotatable bonds is 1. The number of carbonyl (C=O) groups excluding carboxylic acids is 1. The summed E-state index contributed by atoms with van der Waals surface area (Å²) in [5, 5.41) is 0. The molecule has 0 radical (unpaired) electrons. The molecule has 0 amide bonds. The van der Waals surface area contributed by atoms with Crippen LogP contribution in [0.2, 0.25) is 0 Å². The van der Waals surface area contributed by atoms with E-state index in [1.807, 2.05) is 0 Å². The van der Waals surface area contributed by atoms with Crippen LogP contribution in [0.5, 0.6) is 5.88 Å². The molecule has 5 nitrogen and oxygen atoms in total. The van der Waals surface area contributed by atoms with E-state index in [1.54, 1.807) is 0 Å². The second kappa shape index (κ2) is 2.38. The largest absolute Gasteiger partial charge is 0.404 e. The molecule has 0 unspecified atom stereocenters. The Hall–Kier alpha value is -1.52. The number of anilines is 1. The predicted molar refractivity (Wildman–Crippen MR) is 34.3 cm³/mol. The lowest BCUT2D eigenvalue weighted by atomic mass is 10.7. The molecule has 54 valence electrons. The molecule has 3 N–H and O–H groups in total. The molecule has 1 rings (SSSR count). The lowest BCUT2D eigenvalue weighted by Crippen LogP contribution is -2.03. The molecule has 5 heteroatoms. The molecule has 0 aliphatic heterocycles. The van der Waals surface area contributed by atoms with Gasteiger partial charge in [-0.1, -0.05) is 0 Å². The van der Waals surface area contributed by atoms with Gasteiger partial charge in [-0.2, -0.15) is 0 Å². The normalized spacial score (nSPS) is 9.30. The van der Waals surface area contributed by atoms with Crippen LogP contribution in [0.25, 0.3) is 0 Å². The van der Waals surface area contributed by atoms with Crippen LogP contribution in [0.15, 0.2) is 6.33 Å². The molecule has 0 saturated carbocycles. The fourth-order valence-corrected chi connectivity index (χ4v) is 0.509. The molecule has 0 saturated heterocycles. The zero-order chi connectivity index (χ0) is 7.56. The van der Waals surface area contributed by atoms with Crippen molar-refractivity contribution in [1.29, 1.82) is 0 Å². The average Bonchev–Trinajstić information content (AvgIpc) is 2.15. The standard InChI is InChI=1S/C5H7N3O2/c1-3(9)10-5-4(6)7-2-8-5/h2H,6H2,1H3,(H,7,8). The first kappa shape index (κ1) is 6.60. The minimum absolute atomic E-state index is 0.132. The number of hydrogen-bond acceptors (Lipinski definition) is 4. The molecule has 1 heterocycles. The van der Waals surface area contributed by atoms with Crippen molar-refractivity contribution in [1.82, 2.24) is 9.97 Å². The van der Waals surface area contributed by atoms with Gasteiger partial charge in [0.2, 0.25) is 0 Å². The van der Waals surface area contributed by atoms with Crippen molar-refractivity contribution in [3.05, 3.63) is 6.33 Å². The Morgan fingerprint density at radius 1 is 1.90 bits per heavy atom. The highest BCUT2D eigenvalue weighted by atomic mass is 16.5. The van der Waals surface area contributed by atoms with Crippen molar-refractivity contribution in [2.45, 2.75) is 6.92 Å². The zero-order valence-corrected chi connectivity index (χ0v) is 5.42. The third-order valence-electron chi connectivity index (χ3n) is 0.873. The van der Waals surface area contributed by atoms with Crippen molar-refractivity contribution < 1.29 is 9.53 Å². The average molecular weight is 141 g/mol. The first-order valence-electron chi connectivity index (χ1n) is 2.67. The van der Waals surface area contributed by atoms with Gasteiger partial charge in [-0.15, -0.1) is 0 Å². The predicted octanol–water partition coefficient (Wildman–Crippen LogP) is -0.0828. The summed E-state index contributed by atoms with van der Waals surface area (Å²) in [5.41, 5.74) is 5.29. The van der Waals surface area contributed by atoms with Gasteiger partial charge in [0, 0.05) is 6.92 Å². The van der Waals surface area contributed by atoms with E-state index in [4.69, 9.17) is 5.73 Å². The molecule has 0 spiro atoms. The maximum absolute atomic E-state index is 10.3. The maximum Gasteiger partial charge on any atom is 0.309 e. The molecule has 10 heavy (non-hydrogen) atoms. The summed E-state index contributed by atoms with van der Waals surface area (Å²) < 4.78 is 4.58. The summed E-state index contributed by atoms with van der Waals surface area (Å²) in [6, 6.07) is 0. The number of hydrogen-bond donors (Lipinski definition) is 2. The second-order valence-electron chi connectivity index (χ2n) is 1.72. The summed E-state index contributed by atoms with van der Waals surface area (Å²) in [6.07, 6.45) is 1.35. The first-order valence-corrected chi connectivity index (χ1v) is 2.67. The third kappa shape index (κ3) is 1.25. The van der Waals surface area contributed by atoms with E-state index in [-0.39, 0.29) is 11.7 Å². The molecular formula is C5H7N3O2. The number of nitrogens with one attached hydrogen (secondary N) is 1. The van der Waals surface area contributed by atoms with E-state index in [0.717, 1.165) is 0 Å². The number of nitrogens with two attached hydrogens (primary N) is 1. The number of nitrogen functional groups attached to an aromatic ring is 1. The molecule has 1 aromatic rings. The zero-order valence-electron chi connectivity index (χ0n) is 5.42. The molecule has 1 aromatic heterocycles. The smallest absolute Gasteiger partial charge is 0.309 e. The van der Waals surface area contributed by atoms with Crippen LogP contribution in [-0.4, -0.2) is 15.9 Å². The Kier molecular flexibility index (Phi) is 1.57. The Balaban J connectivity index is 2.74. The SMILES string of the molecule is CC(=O)Oc1nc[nH]c1N. The van der Waals surface area contributed by atoms with Crippen molar-refractivity contribution in [3.63, 3.8) is 0 Å². The molecule has 0 aliphatic carbocycles. The fourth-order valence-electron chi connectivity index (χ4n) is 0.509. The van der Waals surface area contributed by atoms with E-state index in [1.165, 1.54) is 13.3 Å². The highest BCUT2D eigenvalue weighted by Crippen LogP contribution is 2.13. The maximum atomic E-state index is 10.3. The van der Waals surface area contributed by atoms with Gasteiger partial charge in [-0.25, -0.2) is 4.98 Å². The van der Waals surface area contributed by atoms with Gasteiger partial charge in [0.15, 0.2) is 5.82 Å². The summed E-state index contributed by atoms with van der Waals surface area (Å²) in [7, 11) is 0. The molecule has 0 aliphatic rings. The number of ether oxygens (including phenoxy) is 1. The van der Waals surface area contributed by atoms with Gasteiger partial charge in [0.25, 0.3) is 5.88 Å². The van der Waals surface area contributed by atoms with Crippen molar-refractivity contribution >= 4 is 11.8 Å². The van der Waals surface area contributed by atoms with Crippen LogP contribution in [0.1, 0.15) is 6.92 Å². The number of H-pyrrole nitrogens is 1. The summed E-state index contributed by atoms with van der Waals surface area (Å²) in [6.45, 7) is 1.29. The van der Waals surface area contributed by atoms with Gasteiger partial charge < -0.3 is 15.5 Å². The molecular weight excluding hydrogens is 134 g/mol. The minimum atomic E-state index is -0.432. The number of carbonyl (C=O) groups is 1. The van der Waals surface area contributed by atoms with E-state index in [2.05, 4.69) is 14.7 Å². The summed E-state index contributed by atoms with van der Waals surface area (Å²) in [5.74, 6) is -0.0403. The Bertz CT molecular complexity index is 243. The van der Waals surface area contributed by atoms with Crippen LogP contribution in [0.3, 0.4) is 0 Å². The van der Waals surface area contributed by atoms with Crippen LogP contribution in [0, 0.1) is 0 Å². The second-order valence-corrected chi connectivity index (χ2v) is 1.72. The number of aromatic amines is 1. The summed E-state index contributed by atoms with van der Waals surface area (Å²) >= 11 is 0. The third-order valence-corrected chi connectivity index (χ3v) is 0.873. The van der Waals surface area contributed by atoms with Gasteiger partial charge in [-0.3, -0.25) is 4.79 Å². The fraction of sp³-hybridized carbons (Fsp3) is 0.200. The van der Waals surface area contributed by atoms with Crippen molar-refractivity contribution in [2.75, 3.05) is 5.73 Å². The van der Waals surface area contributed by atoms with Crippen LogP contribution >= 0.6 is 0 Å². The topological polar surface area (TPSA) is 81.0 Å². The van der Waals surface area contributed by atoms with Crippen molar-refractivity contribution in [2.24, 2.45) is 0 Å². The Labute approximate surface area is 57.2 Å². The van der Waals surface area contributed by atoms with Gasteiger partial charge in [0.1, 0.15) is 0 Å². The van der Waals surface area contributed by atoms with Gasteiger partial charge in [-0.05, 0) is 0 Å². The number of nitrogens with zero attached hydrogens (tertiary/aromatic N) is 1. The Morgan fingerprint density at radius 3 is 3.00 bits per heavy atom. The van der Waals surface area contributed by atoms with E-state index < -0.39 is 5.97 Å². The first-order chi connectivity index (χ1) is 4.70. The van der Waals surface area contributed by atoms with E-state index in [9.17, 15) is 4.79 Å². The quantitative estimate of drug-likeness (QED) is 0.536. The molecule has 0 aromatic carbocycles. The van der Waals surface area contributed by atoms with Crippen LogP contribution in [0.4, 0.5) is 5.82 Å². The Morgan fingerprint density at radius 2 is 2.60 bits per heavy atom. The minimum Gasteiger partial charge on any atom is -0.404 e. The van der Waals surface area contributed by atoms with Gasteiger partial charge >= 0.3 is 5.97 Å². The number of esters is 1. The van der Waals surface area contributed by atoms with Gasteiger partial charge in [0.05, 0.1) is 6.33 Å². The van der Waals surface area contributed by atoms with E-state index in [0.29, 0.717) is 0 Å². The highest BCUT2D eigenvalue weighted by molar-refractivity contribution is 5.70. The molecule has 0 atom stereocenters. The van der Waals surface area contributed by atoms with E-state index >= 15 is 0 Å². The van der Waals surface area contributed by atoms with Crippen LogP contribution < -0.4 is 10.5 Å². The highest BCUT2D eigenvalue weighted by Gasteiger charge is 2.03. The lowest BCUT2D eigenvalue weighted by molar-refractivity contribution is -0.132. The summed E-state index contributed by atoms with van der Waals surface area (Å²) in [4.78, 5) is 16.5. The lowest BCUT2D eigenvalue weighted by Gasteiger charge is -1.94. The van der Waals surface area contributed by atoms with Crippen LogP contribution in [-0.2, 0) is 4.79 Å². The van der Waals surface area contributed by atoms with Crippen molar-refractivity contribution in [3.8, 4) is 5.88 Å². The molecule has 0 bridgehead atoms. The number of aromatic nitrogens is 2. The number of imidazole rings is 1.